The van der Waals surface area contributed by atoms with E-state index in [2.05, 4.69) is 15.2 Å². The van der Waals surface area contributed by atoms with Gasteiger partial charge in [0.2, 0.25) is 11.8 Å². The summed E-state index contributed by atoms with van der Waals surface area (Å²) in [7, 11) is 0. The lowest BCUT2D eigenvalue weighted by Gasteiger charge is -2.48. The monoisotopic (exact) mass is 525 g/mol. The summed E-state index contributed by atoms with van der Waals surface area (Å²) in [5, 5.41) is 15.2. The van der Waals surface area contributed by atoms with Crippen molar-refractivity contribution in [2.75, 3.05) is 13.1 Å². The Labute approximate surface area is 218 Å². The van der Waals surface area contributed by atoms with Gasteiger partial charge in [0.25, 0.3) is 0 Å². The number of rotatable bonds is 4. The third kappa shape index (κ3) is 4.92. The predicted molar refractivity (Wildman–Crippen MR) is 136 cm³/mol. The van der Waals surface area contributed by atoms with Gasteiger partial charge in [-0.05, 0) is 53.4 Å². The van der Waals surface area contributed by atoms with E-state index in [0.717, 1.165) is 39.7 Å². The summed E-state index contributed by atoms with van der Waals surface area (Å²) in [6.07, 6.45) is -1.97. The number of pyridine rings is 1. The number of fused-ring (bicyclic) bond motifs is 1. The zero-order chi connectivity index (χ0) is 27.2. The molecule has 1 aromatic heterocycles. The number of carbonyl (C=O) groups excluding carboxylic acids is 2. The lowest BCUT2D eigenvalue weighted by molar-refractivity contribution is -0.138. The number of carbonyl (C=O) groups is 2. The number of alkyl halides is 3. The Bertz CT molecular complexity index is 1360. The van der Waals surface area contributed by atoms with E-state index >= 15 is 0 Å². The number of aliphatic hydroxyl groups is 1. The highest BCUT2D eigenvalue weighted by molar-refractivity contribution is 6.01. The number of benzene rings is 2. The Balaban J connectivity index is 1.35. The van der Waals surface area contributed by atoms with Crippen LogP contribution in [-0.4, -0.2) is 39.9 Å². The average Bonchev–Trinajstić information content (AvgIpc) is 2.86. The number of imide groups is 1. The minimum atomic E-state index is -4.36. The van der Waals surface area contributed by atoms with Crippen LogP contribution in [0.4, 0.5) is 13.2 Å². The molecule has 6 nitrogen and oxygen atoms in total. The van der Waals surface area contributed by atoms with Gasteiger partial charge in [0.15, 0.2) is 0 Å². The molecule has 2 fully saturated rings. The van der Waals surface area contributed by atoms with Crippen LogP contribution < -0.4 is 5.32 Å². The van der Waals surface area contributed by atoms with Gasteiger partial charge in [-0.1, -0.05) is 32.0 Å². The topological polar surface area (TPSA) is 82.5 Å². The molecule has 2 N–H and O–H groups in total. The Morgan fingerprint density at radius 2 is 1.74 bits per heavy atom. The van der Waals surface area contributed by atoms with Gasteiger partial charge in [0, 0.05) is 49.5 Å². The van der Waals surface area contributed by atoms with Gasteiger partial charge in [-0.25, -0.2) is 0 Å². The summed E-state index contributed by atoms with van der Waals surface area (Å²) >= 11 is 0. The number of nitrogens with one attached hydrogen (secondary N) is 1. The molecule has 2 saturated heterocycles. The Morgan fingerprint density at radius 3 is 2.37 bits per heavy atom. The van der Waals surface area contributed by atoms with Crippen LogP contribution in [0, 0.1) is 11.8 Å². The Hall–Kier alpha value is -3.30. The van der Waals surface area contributed by atoms with Crippen molar-refractivity contribution in [3.8, 4) is 0 Å². The van der Waals surface area contributed by atoms with Crippen LogP contribution in [0.25, 0.3) is 10.9 Å². The first-order valence-corrected chi connectivity index (χ1v) is 12.8. The van der Waals surface area contributed by atoms with Crippen molar-refractivity contribution in [1.82, 2.24) is 15.2 Å². The van der Waals surface area contributed by atoms with Crippen molar-refractivity contribution in [2.45, 2.75) is 50.9 Å². The number of aromatic nitrogens is 1. The van der Waals surface area contributed by atoms with Crippen molar-refractivity contribution in [3.63, 3.8) is 0 Å². The number of amides is 2. The fourth-order valence-electron chi connectivity index (χ4n) is 5.97. The second-order valence-electron chi connectivity index (χ2n) is 10.7. The minimum Gasteiger partial charge on any atom is -0.385 e. The van der Waals surface area contributed by atoms with Crippen LogP contribution in [-0.2, 0) is 27.9 Å². The summed E-state index contributed by atoms with van der Waals surface area (Å²) in [5.74, 6) is -1.33. The zero-order valence-corrected chi connectivity index (χ0v) is 21.3. The maximum Gasteiger partial charge on any atom is 0.416 e. The van der Waals surface area contributed by atoms with Gasteiger partial charge in [0.1, 0.15) is 0 Å². The Kier molecular flexibility index (Phi) is 6.77. The number of piperidine rings is 2. The summed E-state index contributed by atoms with van der Waals surface area (Å²) < 4.78 is 38.7. The van der Waals surface area contributed by atoms with Crippen LogP contribution in [0.15, 0.2) is 54.7 Å². The summed E-state index contributed by atoms with van der Waals surface area (Å²) in [6.45, 7) is 5.62. The van der Waals surface area contributed by atoms with Crippen molar-refractivity contribution in [2.24, 2.45) is 11.8 Å². The van der Waals surface area contributed by atoms with Crippen molar-refractivity contribution in [3.05, 3.63) is 77.0 Å². The number of hydrogen-bond donors (Lipinski definition) is 2. The molecule has 3 unspecified atom stereocenters. The molecule has 0 saturated carbocycles. The second kappa shape index (κ2) is 9.78. The smallest absolute Gasteiger partial charge is 0.385 e. The maximum absolute atomic E-state index is 12.9. The second-order valence-corrected chi connectivity index (χ2v) is 10.7. The maximum atomic E-state index is 12.9. The third-order valence-corrected chi connectivity index (χ3v) is 8.06. The van der Waals surface area contributed by atoms with E-state index in [9.17, 15) is 27.9 Å². The number of likely N-dealkylation sites (tertiary alicyclic amines) is 1. The molecule has 5 rings (SSSR count). The molecule has 9 heteroatoms. The molecule has 38 heavy (non-hydrogen) atoms. The first kappa shape index (κ1) is 26.3. The SMILES string of the molecule is CC1CN(Cc2ccc(C(F)(F)F)cc2)CC(C)C1(O)c1ccc2ncc(C3CCC(=O)NC3=O)cc2c1. The molecule has 0 spiro atoms. The average molecular weight is 526 g/mol. The number of hydrogen-bond acceptors (Lipinski definition) is 5. The first-order chi connectivity index (χ1) is 17.9. The van der Waals surface area contributed by atoms with Gasteiger partial charge in [-0.2, -0.15) is 13.2 Å². The van der Waals surface area contributed by atoms with Crippen LogP contribution in [0.3, 0.4) is 0 Å². The standard InChI is InChI=1S/C29H30F3N3O3/c1-17-14-35(16-19-3-5-22(6-4-19)29(30,31)32)15-18(2)28(17,38)23-7-9-25-20(12-23)11-21(13-33-25)24-8-10-26(36)34-27(24)37/h3-7,9,11-13,17-18,24,38H,8,10,14-16H2,1-2H3,(H,34,36,37). The molecule has 2 aliphatic heterocycles. The molecule has 3 aromatic rings. The highest BCUT2D eigenvalue weighted by Gasteiger charge is 2.45. The van der Waals surface area contributed by atoms with Crippen LogP contribution in [0.5, 0.6) is 0 Å². The fraction of sp³-hybridized carbons (Fsp3) is 0.414. The molecule has 0 aliphatic carbocycles. The van der Waals surface area contributed by atoms with E-state index in [4.69, 9.17) is 0 Å². The summed E-state index contributed by atoms with van der Waals surface area (Å²) in [4.78, 5) is 30.6. The van der Waals surface area contributed by atoms with Crippen molar-refractivity contribution < 1.29 is 27.9 Å². The van der Waals surface area contributed by atoms with E-state index in [0.29, 0.717) is 26.1 Å². The highest BCUT2D eigenvalue weighted by Crippen LogP contribution is 2.42. The van der Waals surface area contributed by atoms with E-state index in [-0.39, 0.29) is 30.1 Å². The Morgan fingerprint density at radius 1 is 1.05 bits per heavy atom. The number of nitrogens with zero attached hydrogens (tertiary/aromatic N) is 2. The normalized spacial score (nSPS) is 26.9. The van der Waals surface area contributed by atoms with Gasteiger partial charge < -0.3 is 5.11 Å². The molecule has 3 atom stereocenters. The highest BCUT2D eigenvalue weighted by atomic mass is 19.4. The van der Waals surface area contributed by atoms with E-state index in [1.165, 1.54) is 12.1 Å². The molecule has 0 radical (unpaired) electrons. The number of halogens is 3. The molecule has 200 valence electrons. The van der Waals surface area contributed by atoms with Gasteiger partial charge in [-0.3, -0.25) is 24.8 Å². The van der Waals surface area contributed by atoms with Gasteiger partial charge in [-0.15, -0.1) is 0 Å². The third-order valence-electron chi connectivity index (χ3n) is 8.06. The van der Waals surface area contributed by atoms with Crippen LogP contribution in [0.1, 0.15) is 54.9 Å². The molecule has 3 heterocycles. The van der Waals surface area contributed by atoms with Crippen LogP contribution in [0.2, 0.25) is 0 Å². The van der Waals surface area contributed by atoms with Crippen molar-refractivity contribution >= 4 is 22.7 Å². The largest absolute Gasteiger partial charge is 0.416 e. The quantitative estimate of drug-likeness (QED) is 0.481. The van der Waals surface area contributed by atoms with Crippen molar-refractivity contribution in [1.29, 1.82) is 0 Å². The minimum absolute atomic E-state index is 0.149. The van der Waals surface area contributed by atoms with Crippen LogP contribution >= 0.6 is 0 Å². The summed E-state index contributed by atoms with van der Waals surface area (Å²) in [6, 6.07) is 12.8. The molecule has 2 aliphatic rings. The van der Waals surface area contributed by atoms with E-state index in [1.54, 1.807) is 6.20 Å². The molecular formula is C29H30F3N3O3. The van der Waals surface area contributed by atoms with Gasteiger partial charge >= 0.3 is 6.18 Å². The zero-order valence-electron chi connectivity index (χ0n) is 21.3. The first-order valence-electron chi connectivity index (χ1n) is 12.8. The fourth-order valence-corrected chi connectivity index (χ4v) is 5.97. The molecular weight excluding hydrogens is 495 g/mol. The summed E-state index contributed by atoms with van der Waals surface area (Å²) in [5.41, 5.74) is 1.26. The van der Waals surface area contributed by atoms with E-state index in [1.807, 2.05) is 38.1 Å². The molecule has 2 amide bonds. The molecule has 2 aromatic carbocycles. The predicted octanol–water partition coefficient (Wildman–Crippen LogP) is 4.75. The van der Waals surface area contributed by atoms with E-state index < -0.39 is 23.3 Å². The lowest BCUT2D eigenvalue weighted by Crippen LogP contribution is -2.54. The molecule has 0 bridgehead atoms. The van der Waals surface area contributed by atoms with Gasteiger partial charge in [0.05, 0.1) is 22.6 Å². The lowest BCUT2D eigenvalue weighted by atomic mass is 9.70.